The molecule has 2 aliphatic heterocycles. The zero-order chi connectivity index (χ0) is 18.7. The van der Waals surface area contributed by atoms with Crippen LogP contribution < -0.4 is 5.32 Å². The van der Waals surface area contributed by atoms with Crippen LogP contribution in [0.25, 0.3) is 0 Å². The first kappa shape index (κ1) is 20.5. The molecule has 2 aliphatic rings. The van der Waals surface area contributed by atoms with Gasteiger partial charge in [-0.25, -0.2) is 8.42 Å². The minimum Gasteiger partial charge on any atom is -0.374 e. The first-order chi connectivity index (χ1) is 11.6. The Morgan fingerprint density at radius 2 is 2.08 bits per heavy atom. The zero-order valence-corrected chi connectivity index (χ0v) is 17.1. The lowest BCUT2D eigenvalue weighted by molar-refractivity contribution is -0.0286. The average molecular weight is 375 g/mol. The molecule has 1 N–H and O–H groups in total. The fraction of sp³-hybridized carbons (Fsp3) is 0.941. The van der Waals surface area contributed by atoms with Crippen molar-refractivity contribution in [2.45, 2.75) is 38.5 Å². The van der Waals surface area contributed by atoms with Crippen LogP contribution in [-0.2, 0) is 14.6 Å². The quantitative estimate of drug-likeness (QED) is 0.568. The van der Waals surface area contributed by atoms with Crippen molar-refractivity contribution in [3.63, 3.8) is 0 Å². The third-order valence-electron chi connectivity index (χ3n) is 4.89. The summed E-state index contributed by atoms with van der Waals surface area (Å²) >= 11 is 0. The van der Waals surface area contributed by atoms with Gasteiger partial charge in [-0.15, -0.1) is 0 Å². The zero-order valence-electron chi connectivity index (χ0n) is 16.3. The van der Waals surface area contributed by atoms with Gasteiger partial charge in [-0.2, -0.15) is 0 Å². The molecule has 2 rings (SSSR count). The standard InChI is InChI=1S/C17H34N4O3S/c1-14(2)11-20-6-8-24-15(12-20)10-19-16(18-5)21-7-9-25(22,23)17(3,4)13-21/h14-15H,6-13H2,1-5H3,(H,18,19). The van der Waals surface area contributed by atoms with E-state index in [-0.39, 0.29) is 11.9 Å². The Morgan fingerprint density at radius 3 is 2.68 bits per heavy atom. The van der Waals surface area contributed by atoms with Gasteiger partial charge in [0.25, 0.3) is 0 Å². The Hall–Kier alpha value is -0.860. The van der Waals surface area contributed by atoms with Crippen LogP contribution in [0.2, 0.25) is 0 Å². The number of nitrogens with one attached hydrogen (secondary N) is 1. The minimum absolute atomic E-state index is 0.130. The minimum atomic E-state index is -3.05. The molecule has 1 unspecified atom stereocenters. The monoisotopic (exact) mass is 374 g/mol. The summed E-state index contributed by atoms with van der Waals surface area (Å²) in [5.41, 5.74) is 0. The lowest BCUT2D eigenvalue weighted by Gasteiger charge is -2.40. The van der Waals surface area contributed by atoms with Gasteiger partial charge in [0.05, 0.1) is 23.2 Å². The molecule has 0 radical (unpaired) electrons. The van der Waals surface area contributed by atoms with Crippen LogP contribution in [-0.4, -0.2) is 93.7 Å². The van der Waals surface area contributed by atoms with Crippen LogP contribution >= 0.6 is 0 Å². The normalized spacial score (nSPS) is 27.5. The van der Waals surface area contributed by atoms with Crippen LogP contribution in [0.1, 0.15) is 27.7 Å². The first-order valence-corrected chi connectivity index (χ1v) is 10.8. The highest BCUT2D eigenvalue weighted by Gasteiger charge is 2.41. The van der Waals surface area contributed by atoms with Crippen LogP contribution in [0.4, 0.5) is 0 Å². The molecule has 1 atom stereocenters. The summed E-state index contributed by atoms with van der Waals surface area (Å²) < 4.78 is 29.5. The summed E-state index contributed by atoms with van der Waals surface area (Å²) in [7, 11) is -1.30. The number of hydrogen-bond donors (Lipinski definition) is 1. The molecule has 2 saturated heterocycles. The summed E-state index contributed by atoms with van der Waals surface area (Å²) in [5.74, 6) is 1.58. The van der Waals surface area contributed by atoms with E-state index in [1.807, 2.05) is 4.90 Å². The predicted octanol–water partition coefficient (Wildman–Crippen LogP) is 0.428. The Morgan fingerprint density at radius 1 is 1.36 bits per heavy atom. The Bertz CT molecular complexity index is 574. The van der Waals surface area contributed by atoms with Gasteiger partial charge in [0, 0.05) is 46.3 Å². The highest BCUT2D eigenvalue weighted by molar-refractivity contribution is 7.92. The second kappa shape index (κ2) is 8.22. The molecular formula is C17H34N4O3S. The molecule has 0 amide bonds. The molecule has 25 heavy (non-hydrogen) atoms. The summed E-state index contributed by atoms with van der Waals surface area (Å²) in [6.07, 6.45) is 0.130. The van der Waals surface area contributed by atoms with Crippen molar-refractivity contribution < 1.29 is 13.2 Å². The van der Waals surface area contributed by atoms with Gasteiger partial charge in [-0.1, -0.05) is 13.8 Å². The van der Waals surface area contributed by atoms with Crippen molar-refractivity contribution in [3.05, 3.63) is 0 Å². The molecular weight excluding hydrogens is 340 g/mol. The number of aliphatic imine (C=N–C) groups is 1. The Labute approximate surface area is 152 Å². The smallest absolute Gasteiger partial charge is 0.193 e. The van der Waals surface area contributed by atoms with E-state index < -0.39 is 14.6 Å². The van der Waals surface area contributed by atoms with Gasteiger partial charge in [-0.05, 0) is 19.8 Å². The number of ether oxygens (including phenoxy) is 1. The average Bonchev–Trinajstić information content (AvgIpc) is 2.51. The molecule has 2 fully saturated rings. The molecule has 0 aromatic rings. The van der Waals surface area contributed by atoms with Crippen LogP contribution in [0.3, 0.4) is 0 Å². The third-order valence-corrected chi connectivity index (χ3v) is 7.42. The van der Waals surface area contributed by atoms with Crippen molar-refractivity contribution in [1.82, 2.24) is 15.1 Å². The topological polar surface area (TPSA) is 74.2 Å². The molecule has 0 aromatic heterocycles. The lowest BCUT2D eigenvalue weighted by Crippen LogP contribution is -2.58. The van der Waals surface area contributed by atoms with E-state index in [0.717, 1.165) is 32.2 Å². The van der Waals surface area contributed by atoms with E-state index in [1.165, 1.54) is 0 Å². The summed E-state index contributed by atoms with van der Waals surface area (Å²) in [6, 6.07) is 0. The van der Waals surface area contributed by atoms with E-state index in [9.17, 15) is 8.42 Å². The number of rotatable bonds is 4. The summed E-state index contributed by atoms with van der Waals surface area (Å²) in [5, 5.41) is 3.38. The molecule has 0 spiro atoms. The first-order valence-electron chi connectivity index (χ1n) is 9.16. The van der Waals surface area contributed by atoms with Crippen molar-refractivity contribution in [2.75, 3.05) is 58.7 Å². The van der Waals surface area contributed by atoms with E-state index in [2.05, 4.69) is 29.1 Å². The van der Waals surface area contributed by atoms with Crippen LogP contribution in [0, 0.1) is 5.92 Å². The maximum absolute atomic E-state index is 12.2. The van der Waals surface area contributed by atoms with E-state index in [4.69, 9.17) is 4.74 Å². The number of nitrogens with zero attached hydrogens (tertiary/aromatic N) is 3. The second-order valence-electron chi connectivity index (χ2n) is 8.07. The fourth-order valence-corrected chi connectivity index (χ4v) is 4.81. The third kappa shape index (κ3) is 5.31. The number of sulfone groups is 1. The van der Waals surface area contributed by atoms with E-state index in [1.54, 1.807) is 20.9 Å². The van der Waals surface area contributed by atoms with Gasteiger partial charge in [-0.3, -0.25) is 9.89 Å². The summed E-state index contributed by atoms with van der Waals surface area (Å²) in [6.45, 7) is 13.4. The highest BCUT2D eigenvalue weighted by atomic mass is 32.2. The fourth-order valence-electron chi connectivity index (χ4n) is 3.45. The van der Waals surface area contributed by atoms with Gasteiger partial charge < -0.3 is 15.0 Å². The number of morpholine rings is 1. The molecule has 0 saturated carbocycles. The molecule has 0 aliphatic carbocycles. The molecule has 2 heterocycles. The number of guanidine groups is 1. The van der Waals surface area contributed by atoms with Gasteiger partial charge in [0.1, 0.15) is 0 Å². The highest BCUT2D eigenvalue weighted by Crippen LogP contribution is 2.23. The van der Waals surface area contributed by atoms with Gasteiger partial charge in [0.15, 0.2) is 15.8 Å². The molecule has 0 bridgehead atoms. The lowest BCUT2D eigenvalue weighted by atomic mass is 10.2. The van der Waals surface area contributed by atoms with Crippen LogP contribution in [0.15, 0.2) is 4.99 Å². The maximum atomic E-state index is 12.2. The molecule has 0 aromatic carbocycles. The Balaban J connectivity index is 1.88. The SMILES string of the molecule is CN=C(NCC1CN(CC(C)C)CCO1)N1CCS(=O)(=O)C(C)(C)C1. The van der Waals surface area contributed by atoms with Crippen molar-refractivity contribution >= 4 is 15.8 Å². The van der Waals surface area contributed by atoms with Crippen molar-refractivity contribution in [2.24, 2.45) is 10.9 Å². The van der Waals surface area contributed by atoms with Crippen molar-refractivity contribution in [1.29, 1.82) is 0 Å². The predicted molar refractivity (Wildman–Crippen MR) is 102 cm³/mol. The van der Waals surface area contributed by atoms with Crippen molar-refractivity contribution in [3.8, 4) is 0 Å². The van der Waals surface area contributed by atoms with E-state index >= 15 is 0 Å². The molecule has 7 nitrogen and oxygen atoms in total. The molecule has 8 heteroatoms. The van der Waals surface area contributed by atoms with Gasteiger partial charge >= 0.3 is 0 Å². The van der Waals surface area contributed by atoms with Gasteiger partial charge in [0.2, 0.25) is 0 Å². The largest absolute Gasteiger partial charge is 0.374 e. The molecule has 146 valence electrons. The maximum Gasteiger partial charge on any atom is 0.193 e. The van der Waals surface area contributed by atoms with Crippen LogP contribution in [0.5, 0.6) is 0 Å². The number of hydrogen-bond acceptors (Lipinski definition) is 5. The second-order valence-corrected chi connectivity index (χ2v) is 10.8. The summed E-state index contributed by atoms with van der Waals surface area (Å²) in [4.78, 5) is 8.83. The van der Waals surface area contributed by atoms with E-state index in [0.29, 0.717) is 25.6 Å². The Kier molecular flexibility index (Phi) is 6.73.